The summed E-state index contributed by atoms with van der Waals surface area (Å²) in [6.07, 6.45) is 2.51. The third-order valence-corrected chi connectivity index (χ3v) is 9.80. The third kappa shape index (κ3) is 7.22. The third-order valence-electron chi connectivity index (χ3n) is 8.81. The normalized spacial score (nSPS) is 24.8. The van der Waals surface area contributed by atoms with Crippen molar-refractivity contribution in [3.8, 4) is 0 Å². The molecule has 7 N–H and O–H groups in total. The van der Waals surface area contributed by atoms with Crippen LogP contribution in [-0.4, -0.2) is 99.9 Å². The SMILES string of the molecule is C=CC(C)(C)OC[C@H](N)C(=O)[C@@]1(C=O)[C@@H](C(=O)C=N)CCN1C(=O)[C@](N)([C@@H](N)CC(C)C)[C@@H](C)[C@@H](C)C(=O)C1=NCCS1. The molecule has 12 nitrogen and oxygen atoms in total. The first-order valence-electron chi connectivity index (χ1n) is 14.6. The molecule has 1 saturated heterocycles. The lowest BCUT2D eigenvalue weighted by molar-refractivity contribution is -0.157. The van der Waals surface area contributed by atoms with Crippen molar-refractivity contribution in [1.29, 1.82) is 5.41 Å². The molecule has 13 heteroatoms. The number of nitrogens with zero attached hydrogens (tertiary/aromatic N) is 2. The highest BCUT2D eigenvalue weighted by atomic mass is 32.2. The second-order valence-electron chi connectivity index (χ2n) is 12.5. The van der Waals surface area contributed by atoms with Gasteiger partial charge in [0, 0.05) is 30.8 Å². The van der Waals surface area contributed by atoms with Gasteiger partial charge in [-0.15, -0.1) is 18.3 Å². The lowest BCUT2D eigenvalue weighted by atomic mass is 9.69. The second kappa shape index (κ2) is 14.5. The summed E-state index contributed by atoms with van der Waals surface area (Å²) >= 11 is 1.34. The van der Waals surface area contributed by atoms with Gasteiger partial charge >= 0.3 is 0 Å². The molecule has 0 bridgehead atoms. The van der Waals surface area contributed by atoms with E-state index in [0.717, 1.165) is 4.90 Å². The number of nitrogens with one attached hydrogen (secondary N) is 1. The zero-order chi connectivity index (χ0) is 32.9. The van der Waals surface area contributed by atoms with E-state index >= 15 is 0 Å². The highest BCUT2D eigenvalue weighted by molar-refractivity contribution is 8.16. The van der Waals surface area contributed by atoms with E-state index in [4.69, 9.17) is 27.3 Å². The Labute approximate surface area is 258 Å². The van der Waals surface area contributed by atoms with E-state index in [-0.39, 0.29) is 37.6 Å². The summed E-state index contributed by atoms with van der Waals surface area (Å²) in [7, 11) is 0. The minimum atomic E-state index is -2.35. The Morgan fingerprint density at radius 1 is 1.23 bits per heavy atom. The fourth-order valence-electron chi connectivity index (χ4n) is 5.77. The minimum Gasteiger partial charge on any atom is -0.369 e. The number of hydrogen-bond donors (Lipinski definition) is 4. The molecule has 0 radical (unpaired) electrons. The molecule has 43 heavy (non-hydrogen) atoms. The molecule has 7 atom stereocenters. The van der Waals surface area contributed by atoms with Crippen LogP contribution in [0.2, 0.25) is 0 Å². The van der Waals surface area contributed by atoms with E-state index in [1.54, 1.807) is 27.7 Å². The fourth-order valence-corrected chi connectivity index (χ4v) is 6.66. The second-order valence-corrected chi connectivity index (χ2v) is 13.6. The van der Waals surface area contributed by atoms with E-state index in [0.29, 0.717) is 30.0 Å². The van der Waals surface area contributed by atoms with Crippen LogP contribution in [0, 0.1) is 29.1 Å². The Hall–Kier alpha value is -2.58. The highest BCUT2D eigenvalue weighted by Gasteiger charge is 2.63. The summed E-state index contributed by atoms with van der Waals surface area (Å²) in [5.41, 5.74) is 14.8. The van der Waals surface area contributed by atoms with Gasteiger partial charge in [-0.05, 0) is 38.5 Å². The van der Waals surface area contributed by atoms with Gasteiger partial charge < -0.3 is 37.0 Å². The number of amides is 1. The highest BCUT2D eigenvalue weighted by Crippen LogP contribution is 2.40. The number of ether oxygens (including phenoxy) is 1. The Kier molecular flexibility index (Phi) is 12.3. The van der Waals surface area contributed by atoms with Gasteiger partial charge in [0.15, 0.2) is 29.2 Å². The van der Waals surface area contributed by atoms with Gasteiger partial charge in [-0.25, -0.2) is 0 Å². The molecule has 2 rings (SSSR count). The molecule has 0 saturated carbocycles. The van der Waals surface area contributed by atoms with Crippen molar-refractivity contribution in [2.45, 2.75) is 83.1 Å². The van der Waals surface area contributed by atoms with E-state index in [9.17, 15) is 24.0 Å². The molecule has 0 aromatic rings. The number of ketones is 3. The number of rotatable bonds is 17. The minimum absolute atomic E-state index is 0.0146. The Morgan fingerprint density at radius 2 is 1.86 bits per heavy atom. The van der Waals surface area contributed by atoms with E-state index < -0.39 is 64.0 Å². The van der Waals surface area contributed by atoms with Crippen LogP contribution in [0.3, 0.4) is 0 Å². The number of carbonyl (C=O) groups excluding carboxylic acids is 5. The molecule has 0 aromatic carbocycles. The molecule has 0 aromatic heterocycles. The number of thioether (sulfide) groups is 1. The van der Waals surface area contributed by atoms with Crippen molar-refractivity contribution >= 4 is 52.6 Å². The van der Waals surface area contributed by atoms with Crippen LogP contribution in [0.5, 0.6) is 0 Å². The summed E-state index contributed by atoms with van der Waals surface area (Å²) in [5, 5.41) is 7.95. The Bertz CT molecular complexity index is 1160. The van der Waals surface area contributed by atoms with Crippen LogP contribution in [0.1, 0.15) is 54.4 Å². The Morgan fingerprint density at radius 3 is 2.35 bits per heavy atom. The van der Waals surface area contributed by atoms with Crippen LogP contribution in [0.25, 0.3) is 0 Å². The van der Waals surface area contributed by atoms with E-state index in [1.807, 2.05) is 13.8 Å². The number of hydrogen-bond acceptors (Lipinski definition) is 12. The number of aldehydes is 1. The molecule has 2 aliphatic heterocycles. The van der Waals surface area contributed by atoms with E-state index in [2.05, 4.69) is 11.6 Å². The van der Waals surface area contributed by atoms with Crippen molar-refractivity contribution < 1.29 is 28.7 Å². The first-order valence-corrected chi connectivity index (χ1v) is 15.6. The van der Waals surface area contributed by atoms with Gasteiger partial charge in [0.1, 0.15) is 10.6 Å². The summed E-state index contributed by atoms with van der Waals surface area (Å²) in [4.78, 5) is 73.4. The predicted molar refractivity (Wildman–Crippen MR) is 168 cm³/mol. The number of nitrogens with two attached hydrogens (primary N) is 3. The first kappa shape index (κ1) is 36.6. The standard InChI is InChI=1S/C30H48N6O6S/c1-8-28(6,7)42-15-21(32)25(40)29(16-37)20(22(38)14-31)9-11-36(29)27(41)30(34,23(33)13-17(2)3)19(5)18(4)24(39)26-35-10-12-43-26/h8,14,16-21,23,31H,1,9-13,15,32-34H2,2-7H3/t18-,19+,20-,21+,23+,29-,30-/m1/s1. The van der Waals surface area contributed by atoms with Crippen LogP contribution in [-0.2, 0) is 28.7 Å². The maximum Gasteiger partial charge on any atom is 0.245 e. The maximum absolute atomic E-state index is 14.7. The molecule has 240 valence electrons. The first-order chi connectivity index (χ1) is 20.0. The number of Topliss-reactive ketones (excluding diaryl/α,β-unsaturated/α-hetero) is 3. The topological polar surface area (TPSA) is 212 Å². The molecular formula is C30H48N6O6S. The lowest BCUT2D eigenvalue weighted by Crippen LogP contribution is -2.74. The van der Waals surface area contributed by atoms with Gasteiger partial charge in [-0.3, -0.25) is 24.2 Å². The monoisotopic (exact) mass is 620 g/mol. The van der Waals surface area contributed by atoms with Crippen molar-refractivity contribution in [2.75, 3.05) is 25.4 Å². The average Bonchev–Trinajstić information content (AvgIpc) is 3.65. The van der Waals surface area contributed by atoms with Crippen LogP contribution < -0.4 is 17.2 Å². The van der Waals surface area contributed by atoms with Crippen LogP contribution >= 0.6 is 11.8 Å². The largest absolute Gasteiger partial charge is 0.369 e. The predicted octanol–water partition coefficient (Wildman–Crippen LogP) is 0.926. The molecule has 0 unspecified atom stereocenters. The van der Waals surface area contributed by atoms with Gasteiger partial charge in [0.25, 0.3) is 0 Å². The van der Waals surface area contributed by atoms with Gasteiger partial charge in [-0.2, -0.15) is 0 Å². The average molecular weight is 621 g/mol. The van der Waals surface area contributed by atoms with Crippen molar-refractivity contribution in [3.05, 3.63) is 12.7 Å². The summed E-state index contributed by atoms with van der Waals surface area (Å²) in [5.74, 6) is -5.14. The molecule has 1 amide bonds. The summed E-state index contributed by atoms with van der Waals surface area (Å²) in [6.45, 7) is 14.2. The summed E-state index contributed by atoms with van der Waals surface area (Å²) < 4.78 is 5.71. The molecule has 2 aliphatic rings. The van der Waals surface area contributed by atoms with Crippen LogP contribution in [0.4, 0.5) is 0 Å². The number of aliphatic imine (C=N–C) groups is 1. The van der Waals surface area contributed by atoms with Crippen molar-refractivity contribution in [3.63, 3.8) is 0 Å². The van der Waals surface area contributed by atoms with Gasteiger partial charge in [-0.1, -0.05) is 33.8 Å². The molecular weight excluding hydrogens is 572 g/mol. The van der Waals surface area contributed by atoms with Crippen molar-refractivity contribution in [2.24, 2.45) is 45.9 Å². The summed E-state index contributed by atoms with van der Waals surface area (Å²) in [6, 6.07) is -2.39. The molecule has 1 fully saturated rings. The number of carbonyl (C=O) groups is 5. The molecule has 0 aliphatic carbocycles. The molecule has 2 heterocycles. The Balaban J connectivity index is 2.66. The van der Waals surface area contributed by atoms with Crippen molar-refractivity contribution in [1.82, 2.24) is 4.90 Å². The van der Waals surface area contributed by atoms with Gasteiger partial charge in [0.05, 0.1) is 30.4 Å². The number of likely N-dealkylation sites (tertiary alicyclic amines) is 1. The molecule has 0 spiro atoms. The fraction of sp³-hybridized carbons (Fsp3) is 0.700. The van der Waals surface area contributed by atoms with Gasteiger partial charge in [0.2, 0.25) is 5.91 Å². The van der Waals surface area contributed by atoms with Crippen LogP contribution in [0.15, 0.2) is 17.6 Å². The zero-order valence-electron chi connectivity index (χ0n) is 26.1. The van der Waals surface area contributed by atoms with E-state index in [1.165, 1.54) is 17.8 Å². The smallest absolute Gasteiger partial charge is 0.245 e. The zero-order valence-corrected chi connectivity index (χ0v) is 26.9. The quantitative estimate of drug-likeness (QED) is 0.0781. The maximum atomic E-state index is 14.7. The lowest BCUT2D eigenvalue weighted by Gasteiger charge is -2.47.